The van der Waals surface area contributed by atoms with Crippen molar-refractivity contribution in [3.8, 4) is 0 Å². The van der Waals surface area contributed by atoms with Crippen molar-refractivity contribution in [3.05, 3.63) is 40.9 Å². The van der Waals surface area contributed by atoms with Gasteiger partial charge >= 0.3 is 0 Å². The largest absolute Gasteiger partial charge is 0.376 e. The van der Waals surface area contributed by atoms with E-state index in [0.717, 1.165) is 67.1 Å². The zero-order chi connectivity index (χ0) is 23.5. The Morgan fingerprint density at radius 3 is 2.85 bits per heavy atom. The van der Waals surface area contributed by atoms with Crippen molar-refractivity contribution in [2.75, 3.05) is 29.5 Å². The van der Waals surface area contributed by atoms with Crippen molar-refractivity contribution >= 4 is 45.8 Å². The van der Waals surface area contributed by atoms with Gasteiger partial charge in [0.15, 0.2) is 10.3 Å². The van der Waals surface area contributed by atoms with Gasteiger partial charge in [0.2, 0.25) is 11.9 Å². The number of ether oxygens (including phenoxy) is 1. The summed E-state index contributed by atoms with van der Waals surface area (Å²) in [4.78, 5) is 21.2. The Morgan fingerprint density at radius 1 is 1.26 bits per heavy atom. The van der Waals surface area contributed by atoms with Gasteiger partial charge in [0.1, 0.15) is 0 Å². The number of thioether (sulfide) groups is 1. The second kappa shape index (κ2) is 10.5. The average Bonchev–Trinajstić information content (AvgIpc) is 3.61. The molecule has 1 amide bonds. The Balaban J connectivity index is 1.33. The third-order valence-electron chi connectivity index (χ3n) is 6.15. The van der Waals surface area contributed by atoms with Gasteiger partial charge in [0, 0.05) is 37.8 Å². The van der Waals surface area contributed by atoms with Crippen LogP contribution in [0.15, 0.2) is 34.8 Å². The Hall–Kier alpha value is -2.43. The van der Waals surface area contributed by atoms with Gasteiger partial charge in [0.05, 0.1) is 24.0 Å². The van der Waals surface area contributed by atoms with Crippen LogP contribution in [0.2, 0.25) is 0 Å². The molecule has 1 atom stereocenters. The van der Waals surface area contributed by atoms with E-state index in [2.05, 4.69) is 19.7 Å². The van der Waals surface area contributed by atoms with Gasteiger partial charge in [-0.15, -0.1) is 21.5 Å². The van der Waals surface area contributed by atoms with Crippen LogP contribution < -0.4 is 9.80 Å². The van der Waals surface area contributed by atoms with Gasteiger partial charge in [-0.3, -0.25) is 14.3 Å². The summed E-state index contributed by atoms with van der Waals surface area (Å²) < 4.78 is 8.14. The summed E-state index contributed by atoms with van der Waals surface area (Å²) in [5, 5.41) is 12.7. The zero-order valence-corrected chi connectivity index (χ0v) is 21.3. The number of anilines is 3. The van der Waals surface area contributed by atoms with E-state index < -0.39 is 0 Å². The third kappa shape index (κ3) is 5.13. The number of benzene rings is 1. The van der Waals surface area contributed by atoms with Crippen LogP contribution in [0.3, 0.4) is 0 Å². The second-order valence-corrected chi connectivity index (χ2v) is 10.6. The molecule has 2 fully saturated rings. The number of aromatic nitrogens is 4. The molecule has 2 aliphatic heterocycles. The number of hydrogen-bond donors (Lipinski definition) is 0. The molecule has 0 radical (unpaired) electrons. The van der Waals surface area contributed by atoms with E-state index in [4.69, 9.17) is 9.72 Å². The molecular weight excluding hydrogens is 468 g/mol. The lowest BCUT2D eigenvalue weighted by molar-refractivity contribution is -0.115. The number of amides is 1. The van der Waals surface area contributed by atoms with Gasteiger partial charge in [-0.2, -0.15) is 0 Å². The summed E-state index contributed by atoms with van der Waals surface area (Å²) >= 11 is 3.13. The third-order valence-corrected chi connectivity index (χ3v) is 8.03. The van der Waals surface area contributed by atoms with Gasteiger partial charge in [-0.05, 0) is 50.3 Å². The predicted octanol–water partition coefficient (Wildman–Crippen LogP) is 4.80. The predicted molar refractivity (Wildman–Crippen MR) is 136 cm³/mol. The first kappa shape index (κ1) is 23.3. The number of rotatable bonds is 8. The molecule has 2 aliphatic rings. The topological polar surface area (TPSA) is 76.4 Å². The zero-order valence-electron chi connectivity index (χ0n) is 19.6. The van der Waals surface area contributed by atoms with Crippen molar-refractivity contribution in [2.45, 2.75) is 63.1 Å². The number of nitrogens with zero attached hydrogens (tertiary/aromatic N) is 6. The van der Waals surface area contributed by atoms with Crippen LogP contribution in [0.4, 0.5) is 16.8 Å². The lowest BCUT2D eigenvalue weighted by atomic mass is 10.2. The van der Waals surface area contributed by atoms with Crippen molar-refractivity contribution in [1.29, 1.82) is 0 Å². The fraction of sp³-hybridized carbons (Fsp3) is 0.500. The Morgan fingerprint density at radius 2 is 2.12 bits per heavy atom. The molecule has 180 valence electrons. The molecule has 0 spiro atoms. The van der Waals surface area contributed by atoms with Gasteiger partial charge in [-0.25, -0.2) is 4.98 Å². The number of carbonyl (C=O) groups excluding carboxylic acids is 1. The highest BCUT2D eigenvalue weighted by atomic mass is 32.2. The second-order valence-electron chi connectivity index (χ2n) is 8.83. The van der Waals surface area contributed by atoms with E-state index in [1.807, 2.05) is 36.6 Å². The molecule has 2 saturated heterocycles. The van der Waals surface area contributed by atoms with Crippen LogP contribution >= 0.6 is 23.1 Å². The monoisotopic (exact) mass is 498 g/mol. The van der Waals surface area contributed by atoms with Crippen LogP contribution in [-0.2, 0) is 21.8 Å². The highest BCUT2D eigenvalue weighted by Crippen LogP contribution is 2.33. The van der Waals surface area contributed by atoms with E-state index >= 15 is 0 Å². The highest BCUT2D eigenvalue weighted by molar-refractivity contribution is 7.98. The summed E-state index contributed by atoms with van der Waals surface area (Å²) in [5.74, 6) is 1.57. The molecule has 8 nitrogen and oxygen atoms in total. The molecule has 0 saturated carbocycles. The van der Waals surface area contributed by atoms with Gasteiger partial charge in [-0.1, -0.05) is 23.9 Å². The van der Waals surface area contributed by atoms with Crippen LogP contribution in [0.1, 0.15) is 43.9 Å². The highest BCUT2D eigenvalue weighted by Gasteiger charge is 2.25. The average molecular weight is 499 g/mol. The Kier molecular flexibility index (Phi) is 7.17. The normalized spacial score (nSPS) is 18.1. The fourth-order valence-corrected chi connectivity index (χ4v) is 6.32. The van der Waals surface area contributed by atoms with Crippen LogP contribution in [0, 0.1) is 6.92 Å². The summed E-state index contributed by atoms with van der Waals surface area (Å²) in [7, 11) is 0. The number of thiazole rings is 1. The molecule has 10 heteroatoms. The van der Waals surface area contributed by atoms with E-state index in [1.165, 1.54) is 24.2 Å². The molecule has 0 N–H and O–H groups in total. The first-order chi connectivity index (χ1) is 16.6. The van der Waals surface area contributed by atoms with Crippen LogP contribution in [0.25, 0.3) is 0 Å². The molecule has 3 aromatic rings. The minimum atomic E-state index is -0.0503. The Labute approximate surface area is 208 Å². The fourth-order valence-electron chi connectivity index (χ4n) is 4.49. The lowest BCUT2D eigenvalue weighted by Crippen LogP contribution is -2.25. The van der Waals surface area contributed by atoms with Crippen molar-refractivity contribution < 1.29 is 9.53 Å². The standard InChI is InChI=1S/C24H30N6O2S2/c1-17-7-5-8-20(13-17)30(18(2)31)23-25-19(15-33-23)16-34-24-27-26-22(28-10-3-4-11-28)29(24)14-21-9-6-12-32-21/h5,7-8,13,15,21H,3-4,6,9-12,14,16H2,1-2H3. The number of aryl methyl sites for hydroxylation is 1. The minimum absolute atomic E-state index is 0.0503. The number of hydrogen-bond acceptors (Lipinski definition) is 8. The first-order valence-corrected chi connectivity index (χ1v) is 13.7. The molecule has 0 aliphatic carbocycles. The summed E-state index contributed by atoms with van der Waals surface area (Å²) in [6.07, 6.45) is 4.82. The SMILES string of the molecule is CC(=O)N(c1cccc(C)c1)c1nc(CSc2nnc(N3CCCC3)n2CC2CCCO2)cs1. The van der Waals surface area contributed by atoms with Crippen molar-refractivity contribution in [2.24, 2.45) is 0 Å². The van der Waals surface area contributed by atoms with Crippen LogP contribution in [-0.4, -0.2) is 51.5 Å². The van der Waals surface area contributed by atoms with Crippen molar-refractivity contribution in [1.82, 2.24) is 19.7 Å². The molecule has 34 heavy (non-hydrogen) atoms. The molecule has 2 aromatic heterocycles. The minimum Gasteiger partial charge on any atom is -0.376 e. The Bertz CT molecular complexity index is 1130. The quantitative estimate of drug-likeness (QED) is 0.413. The summed E-state index contributed by atoms with van der Waals surface area (Å²) in [6, 6.07) is 7.93. The summed E-state index contributed by atoms with van der Waals surface area (Å²) in [6.45, 7) is 7.28. The molecule has 4 heterocycles. The maximum Gasteiger partial charge on any atom is 0.230 e. The van der Waals surface area contributed by atoms with Crippen LogP contribution in [0.5, 0.6) is 0 Å². The number of carbonyl (C=O) groups is 1. The summed E-state index contributed by atoms with van der Waals surface area (Å²) in [5.41, 5.74) is 2.88. The lowest BCUT2D eigenvalue weighted by Gasteiger charge is -2.20. The molecular formula is C24H30N6O2S2. The maximum atomic E-state index is 12.4. The van der Waals surface area contributed by atoms with Gasteiger partial charge in [0.25, 0.3) is 0 Å². The smallest absolute Gasteiger partial charge is 0.230 e. The van der Waals surface area contributed by atoms with Gasteiger partial charge < -0.3 is 9.64 Å². The maximum absolute atomic E-state index is 12.4. The van der Waals surface area contributed by atoms with E-state index in [-0.39, 0.29) is 12.0 Å². The van der Waals surface area contributed by atoms with Crippen molar-refractivity contribution in [3.63, 3.8) is 0 Å². The molecule has 0 bridgehead atoms. The molecule has 5 rings (SSSR count). The van der Waals surface area contributed by atoms with E-state index in [0.29, 0.717) is 10.9 Å². The van der Waals surface area contributed by atoms with E-state index in [1.54, 1.807) is 23.6 Å². The molecule has 1 unspecified atom stereocenters. The van der Waals surface area contributed by atoms with E-state index in [9.17, 15) is 4.79 Å². The molecule has 1 aromatic carbocycles. The first-order valence-electron chi connectivity index (χ1n) is 11.8.